The molecule has 1 aromatic rings. The summed E-state index contributed by atoms with van der Waals surface area (Å²) in [6.45, 7) is 7.25. The molecule has 1 rings (SSSR count). The van der Waals surface area contributed by atoms with E-state index in [2.05, 4.69) is 0 Å². The van der Waals surface area contributed by atoms with Crippen molar-refractivity contribution in [2.24, 2.45) is 0 Å². The van der Waals surface area contributed by atoms with E-state index in [0.717, 1.165) is 7.11 Å². The number of rotatable bonds is 5. The van der Waals surface area contributed by atoms with E-state index in [1.54, 1.807) is 13.8 Å². The molecule has 1 unspecified atom stereocenters. The third-order valence-corrected chi connectivity index (χ3v) is 2.47. The van der Waals surface area contributed by atoms with E-state index in [1.165, 1.54) is 25.3 Å². The summed E-state index contributed by atoms with van der Waals surface area (Å²) in [7, 11) is 2.47. The van der Waals surface area contributed by atoms with Crippen molar-refractivity contribution < 1.29 is 24.3 Å². The van der Waals surface area contributed by atoms with Crippen molar-refractivity contribution in [3.63, 3.8) is 0 Å². The van der Waals surface area contributed by atoms with Crippen molar-refractivity contribution in [1.82, 2.24) is 0 Å². The number of carbonyl (C=O) groups excluding carboxylic acids is 1. The lowest BCUT2D eigenvalue weighted by atomic mass is 10.1. The molecule has 0 aromatic heterocycles. The molecule has 1 atom stereocenters. The van der Waals surface area contributed by atoms with E-state index in [1.807, 2.05) is 13.8 Å². The second-order valence-electron chi connectivity index (χ2n) is 3.67. The predicted octanol–water partition coefficient (Wildman–Crippen LogP) is 3.25. The summed E-state index contributed by atoms with van der Waals surface area (Å²) in [5.74, 6) is 0.0783. The van der Waals surface area contributed by atoms with E-state index in [0.29, 0.717) is 11.3 Å². The monoisotopic (exact) mass is 315 g/mol. The number of nitro groups is 1. The molecule has 0 saturated heterocycles. The molecule has 1 N–H and O–H groups in total. The zero-order valence-corrected chi connectivity index (χ0v) is 14.0. The fraction of sp³-hybridized carbons (Fsp3) is 0.533. The van der Waals surface area contributed by atoms with Crippen LogP contribution in [0.15, 0.2) is 18.2 Å². The minimum atomic E-state index is -0.687. The van der Waals surface area contributed by atoms with Crippen LogP contribution < -0.4 is 4.74 Å². The zero-order valence-electron chi connectivity index (χ0n) is 14.0. The lowest BCUT2D eigenvalue weighted by molar-refractivity contribution is -0.386. The Morgan fingerprint density at radius 3 is 2.32 bits per heavy atom. The average molecular weight is 315 g/mol. The fourth-order valence-corrected chi connectivity index (χ4v) is 1.50. The van der Waals surface area contributed by atoms with E-state index < -0.39 is 17.0 Å². The Labute approximate surface area is 131 Å². The number of benzene rings is 1. The van der Waals surface area contributed by atoms with Crippen molar-refractivity contribution in [1.29, 1.82) is 0 Å². The van der Waals surface area contributed by atoms with Crippen molar-refractivity contribution in [3.8, 4) is 5.75 Å². The van der Waals surface area contributed by atoms with Crippen LogP contribution in [-0.2, 0) is 9.53 Å². The third kappa shape index (κ3) is 7.03. The summed E-state index contributed by atoms with van der Waals surface area (Å²) in [6, 6.07) is 4.34. The van der Waals surface area contributed by atoms with Crippen LogP contribution >= 0.6 is 0 Å². The van der Waals surface area contributed by atoms with Gasteiger partial charge in [-0.2, -0.15) is 0 Å². The quantitative estimate of drug-likeness (QED) is 0.508. The summed E-state index contributed by atoms with van der Waals surface area (Å²) < 4.78 is 10.1. The van der Waals surface area contributed by atoms with Crippen LogP contribution in [0.4, 0.5) is 5.69 Å². The number of aliphatic hydroxyl groups is 1. The summed E-state index contributed by atoms with van der Waals surface area (Å²) in [4.78, 5) is 21.6. The van der Waals surface area contributed by atoms with Gasteiger partial charge in [-0.05, 0) is 19.1 Å². The molecular weight excluding hydrogens is 290 g/mol. The van der Waals surface area contributed by atoms with Gasteiger partial charge in [-0.3, -0.25) is 14.9 Å². The molecule has 0 aliphatic rings. The van der Waals surface area contributed by atoms with Crippen molar-refractivity contribution in [2.45, 2.75) is 40.2 Å². The van der Waals surface area contributed by atoms with Gasteiger partial charge >= 0.3 is 5.97 Å². The molecule has 0 fully saturated rings. The first-order valence-electron chi connectivity index (χ1n) is 6.96. The van der Waals surface area contributed by atoms with Crippen molar-refractivity contribution in [2.75, 3.05) is 14.2 Å². The zero-order chi connectivity index (χ0) is 17.7. The molecule has 0 saturated carbocycles. The fourth-order valence-electron chi connectivity index (χ4n) is 1.50. The number of methoxy groups -OCH3 is 1. The predicted molar refractivity (Wildman–Crippen MR) is 83.9 cm³/mol. The first kappa shape index (κ1) is 22.1. The maximum Gasteiger partial charge on any atom is 0.306 e. The van der Waals surface area contributed by atoms with Gasteiger partial charge in [-0.15, -0.1) is 0 Å². The Balaban J connectivity index is 0. The number of aliphatic hydroxyl groups excluding tert-OH is 1. The van der Waals surface area contributed by atoms with Crippen LogP contribution in [0.2, 0.25) is 0 Å². The molecule has 22 heavy (non-hydrogen) atoms. The number of ether oxygens (including phenoxy) is 2. The number of esters is 1. The summed E-state index contributed by atoms with van der Waals surface area (Å²) >= 11 is 0. The van der Waals surface area contributed by atoms with E-state index in [9.17, 15) is 14.9 Å². The highest BCUT2D eigenvalue weighted by atomic mass is 16.6. The Morgan fingerprint density at radius 2 is 1.91 bits per heavy atom. The number of hydrogen-bond donors (Lipinski definition) is 1. The minimum absolute atomic E-state index is 0.0906. The van der Waals surface area contributed by atoms with Gasteiger partial charge in [0.1, 0.15) is 11.9 Å². The van der Waals surface area contributed by atoms with Gasteiger partial charge < -0.3 is 14.6 Å². The molecule has 1 aromatic carbocycles. The lowest BCUT2D eigenvalue weighted by Gasteiger charge is -2.14. The standard InChI is InChI=1S/C12H15NO5.C2H6.CH4O/c1-4-12(14)18-8(2)10-7-9(17-3)5-6-11(10)13(15)16;2*1-2/h5-8H,4H2,1-3H3;1-2H3;2H,1H3. The second kappa shape index (κ2) is 12.6. The van der Waals surface area contributed by atoms with Crippen molar-refractivity contribution in [3.05, 3.63) is 33.9 Å². The lowest BCUT2D eigenvalue weighted by Crippen LogP contribution is -2.09. The molecule has 0 bridgehead atoms. The molecule has 7 heteroatoms. The minimum Gasteiger partial charge on any atom is -0.497 e. The number of carbonyl (C=O) groups is 1. The van der Waals surface area contributed by atoms with Gasteiger partial charge in [0.25, 0.3) is 5.69 Å². The van der Waals surface area contributed by atoms with Crippen LogP contribution in [0.3, 0.4) is 0 Å². The maximum absolute atomic E-state index is 11.2. The molecule has 126 valence electrons. The SMILES string of the molecule is CC.CCC(=O)OC(C)c1cc(OC)ccc1[N+](=O)[O-].CO. The second-order valence-corrected chi connectivity index (χ2v) is 3.67. The summed E-state index contributed by atoms with van der Waals surface area (Å²) in [5.41, 5.74) is 0.230. The topological polar surface area (TPSA) is 98.9 Å². The van der Waals surface area contributed by atoms with Crippen LogP contribution in [-0.4, -0.2) is 30.2 Å². The first-order chi connectivity index (χ1) is 10.5. The summed E-state index contributed by atoms with van der Waals surface area (Å²) in [6.07, 6.45) is -0.463. The van der Waals surface area contributed by atoms with E-state index >= 15 is 0 Å². The Morgan fingerprint density at radius 1 is 1.36 bits per heavy atom. The number of hydrogen-bond acceptors (Lipinski definition) is 6. The first-order valence-corrected chi connectivity index (χ1v) is 6.96. The molecule has 0 heterocycles. The maximum atomic E-state index is 11.2. The highest BCUT2D eigenvalue weighted by Crippen LogP contribution is 2.31. The van der Waals surface area contributed by atoms with Gasteiger partial charge in [0.05, 0.1) is 17.6 Å². The van der Waals surface area contributed by atoms with Crippen LogP contribution in [0, 0.1) is 10.1 Å². The molecular formula is C15H25NO6. The summed E-state index contributed by atoms with van der Waals surface area (Å²) in [5, 5.41) is 17.9. The average Bonchev–Trinajstić information content (AvgIpc) is 2.57. The molecule has 0 aliphatic heterocycles. The molecule has 7 nitrogen and oxygen atoms in total. The Hall–Kier alpha value is -2.15. The molecule has 0 radical (unpaired) electrons. The van der Waals surface area contributed by atoms with Gasteiger partial charge in [0.15, 0.2) is 0 Å². The molecule has 0 amide bonds. The largest absolute Gasteiger partial charge is 0.497 e. The Bertz CT molecular complexity index is 461. The van der Waals surface area contributed by atoms with Crippen molar-refractivity contribution >= 4 is 11.7 Å². The smallest absolute Gasteiger partial charge is 0.306 e. The van der Waals surface area contributed by atoms with Gasteiger partial charge in [0, 0.05) is 19.6 Å². The molecule has 0 spiro atoms. The number of nitrogens with zero attached hydrogens (tertiary/aromatic N) is 1. The van der Waals surface area contributed by atoms with E-state index in [-0.39, 0.29) is 12.1 Å². The van der Waals surface area contributed by atoms with Gasteiger partial charge in [0.2, 0.25) is 0 Å². The van der Waals surface area contributed by atoms with Crippen LogP contribution in [0.5, 0.6) is 5.75 Å². The third-order valence-electron chi connectivity index (χ3n) is 2.47. The van der Waals surface area contributed by atoms with Gasteiger partial charge in [-0.25, -0.2) is 0 Å². The van der Waals surface area contributed by atoms with E-state index in [4.69, 9.17) is 14.6 Å². The normalized spacial score (nSPS) is 10.1. The highest BCUT2D eigenvalue weighted by molar-refractivity contribution is 5.69. The highest BCUT2D eigenvalue weighted by Gasteiger charge is 2.22. The van der Waals surface area contributed by atoms with Crippen LogP contribution in [0.25, 0.3) is 0 Å². The van der Waals surface area contributed by atoms with Gasteiger partial charge in [-0.1, -0.05) is 20.8 Å². The Kier molecular flexibility index (Phi) is 12.7. The molecule has 0 aliphatic carbocycles. The number of nitro benzene ring substituents is 1. The van der Waals surface area contributed by atoms with Crippen LogP contribution in [0.1, 0.15) is 45.8 Å².